The van der Waals surface area contributed by atoms with Crippen molar-refractivity contribution in [3.8, 4) is 5.75 Å². The number of imide groups is 1. The van der Waals surface area contributed by atoms with E-state index in [0.717, 1.165) is 22.4 Å². The van der Waals surface area contributed by atoms with Crippen LogP contribution in [-0.4, -0.2) is 41.0 Å². The number of imidazole rings is 1. The number of methoxy groups -OCH3 is 1. The summed E-state index contributed by atoms with van der Waals surface area (Å²) in [5, 5.41) is 5.62. The molecule has 1 aliphatic rings. The molecule has 1 aliphatic heterocycles. The lowest BCUT2D eigenvalue weighted by Gasteiger charge is -2.23. The standard InChI is InChI=1S/C24H27N5O4/c1-4-14(2)21(22-25-17-7-5-6-8-18(17)26-22)28-20(30)13-19-23(31)29(24(32)27-19)15-9-11-16(33-3)12-10-15/h5-12,14,19,21H,4,13H2,1-3H3,(H,25,26)(H,27,32)(H,28,30). The minimum Gasteiger partial charge on any atom is -0.497 e. The molecule has 3 N–H and O–H groups in total. The zero-order chi connectivity index (χ0) is 23.5. The number of carbonyl (C=O) groups excluding carboxylic acids is 3. The summed E-state index contributed by atoms with van der Waals surface area (Å²) >= 11 is 0. The van der Waals surface area contributed by atoms with E-state index >= 15 is 0 Å². The van der Waals surface area contributed by atoms with Crippen LogP contribution < -0.4 is 20.3 Å². The smallest absolute Gasteiger partial charge is 0.329 e. The minimum absolute atomic E-state index is 0.110. The van der Waals surface area contributed by atoms with Gasteiger partial charge in [0.05, 0.1) is 36.3 Å². The average Bonchev–Trinajstić information content (AvgIpc) is 3.37. The summed E-state index contributed by atoms with van der Waals surface area (Å²) in [4.78, 5) is 47.2. The van der Waals surface area contributed by atoms with Gasteiger partial charge in [0.1, 0.15) is 17.6 Å². The molecule has 4 rings (SSSR count). The van der Waals surface area contributed by atoms with Crippen LogP contribution in [0.15, 0.2) is 48.5 Å². The van der Waals surface area contributed by atoms with Crippen molar-refractivity contribution in [2.75, 3.05) is 12.0 Å². The van der Waals surface area contributed by atoms with Crippen molar-refractivity contribution >= 4 is 34.6 Å². The van der Waals surface area contributed by atoms with Gasteiger partial charge in [-0.15, -0.1) is 0 Å². The van der Waals surface area contributed by atoms with Crippen molar-refractivity contribution in [1.82, 2.24) is 20.6 Å². The van der Waals surface area contributed by atoms with Gasteiger partial charge in [-0.05, 0) is 42.3 Å². The van der Waals surface area contributed by atoms with E-state index in [4.69, 9.17) is 4.74 Å². The van der Waals surface area contributed by atoms with Gasteiger partial charge in [0, 0.05) is 0 Å². The number of para-hydroxylation sites is 2. The van der Waals surface area contributed by atoms with Crippen molar-refractivity contribution < 1.29 is 19.1 Å². The molecule has 172 valence electrons. The molecule has 0 bridgehead atoms. The number of aromatic nitrogens is 2. The number of amides is 4. The summed E-state index contributed by atoms with van der Waals surface area (Å²) in [6.45, 7) is 4.08. The maximum absolute atomic E-state index is 12.9. The van der Waals surface area contributed by atoms with E-state index in [1.54, 1.807) is 24.3 Å². The fraction of sp³-hybridized carbons (Fsp3) is 0.333. The van der Waals surface area contributed by atoms with Gasteiger partial charge >= 0.3 is 6.03 Å². The van der Waals surface area contributed by atoms with E-state index in [2.05, 4.69) is 20.6 Å². The van der Waals surface area contributed by atoms with Gasteiger partial charge in [0.15, 0.2) is 0 Å². The number of nitrogens with one attached hydrogen (secondary N) is 3. The molecule has 33 heavy (non-hydrogen) atoms. The number of nitrogens with zero attached hydrogens (tertiary/aromatic N) is 2. The molecule has 0 spiro atoms. The highest BCUT2D eigenvalue weighted by molar-refractivity contribution is 6.22. The van der Waals surface area contributed by atoms with Crippen LogP contribution in [0.1, 0.15) is 38.6 Å². The van der Waals surface area contributed by atoms with Crippen LogP contribution in [0.4, 0.5) is 10.5 Å². The summed E-state index contributed by atoms with van der Waals surface area (Å²) in [5.74, 6) is 0.586. The molecule has 0 aliphatic carbocycles. The topological polar surface area (TPSA) is 116 Å². The Bertz CT molecular complexity index is 1140. The van der Waals surface area contributed by atoms with Crippen LogP contribution >= 0.6 is 0 Å². The van der Waals surface area contributed by atoms with Crippen LogP contribution in [0.5, 0.6) is 5.75 Å². The third-order valence-electron chi connectivity index (χ3n) is 5.97. The SMILES string of the molecule is CCC(C)C(NC(=O)CC1NC(=O)N(c2ccc(OC)cc2)C1=O)c1nc2ccccc2[nH]1. The minimum atomic E-state index is -0.937. The Labute approximate surface area is 191 Å². The van der Waals surface area contributed by atoms with Crippen LogP contribution in [0.25, 0.3) is 11.0 Å². The third kappa shape index (κ3) is 4.52. The normalized spacial score (nSPS) is 17.7. The molecule has 9 nitrogen and oxygen atoms in total. The second-order valence-corrected chi connectivity index (χ2v) is 8.15. The largest absolute Gasteiger partial charge is 0.497 e. The Morgan fingerprint density at radius 3 is 2.58 bits per heavy atom. The molecule has 1 aromatic heterocycles. The van der Waals surface area contributed by atoms with Gasteiger partial charge in [-0.2, -0.15) is 0 Å². The number of anilines is 1. The molecule has 1 saturated heterocycles. The lowest BCUT2D eigenvalue weighted by molar-refractivity contribution is -0.126. The lowest BCUT2D eigenvalue weighted by Crippen LogP contribution is -2.39. The van der Waals surface area contributed by atoms with Crippen LogP contribution in [0.2, 0.25) is 0 Å². The van der Waals surface area contributed by atoms with E-state index in [-0.39, 0.29) is 24.3 Å². The third-order valence-corrected chi connectivity index (χ3v) is 5.97. The highest BCUT2D eigenvalue weighted by atomic mass is 16.5. The van der Waals surface area contributed by atoms with Gasteiger partial charge < -0.3 is 20.4 Å². The fourth-order valence-corrected chi connectivity index (χ4v) is 3.90. The van der Waals surface area contributed by atoms with Gasteiger partial charge in [-0.1, -0.05) is 32.4 Å². The van der Waals surface area contributed by atoms with E-state index in [9.17, 15) is 14.4 Å². The molecule has 0 saturated carbocycles. The molecule has 3 aromatic rings. The highest BCUT2D eigenvalue weighted by Crippen LogP contribution is 2.26. The van der Waals surface area contributed by atoms with E-state index in [1.807, 2.05) is 38.1 Å². The Hall–Kier alpha value is -3.88. The summed E-state index contributed by atoms with van der Waals surface area (Å²) in [7, 11) is 1.54. The molecular formula is C24H27N5O4. The van der Waals surface area contributed by atoms with Crippen LogP contribution in [-0.2, 0) is 9.59 Å². The van der Waals surface area contributed by atoms with Crippen molar-refractivity contribution in [3.63, 3.8) is 0 Å². The number of urea groups is 1. The monoisotopic (exact) mass is 449 g/mol. The molecule has 1 fully saturated rings. The van der Waals surface area contributed by atoms with Crippen LogP contribution in [0.3, 0.4) is 0 Å². The number of hydrogen-bond acceptors (Lipinski definition) is 5. The number of hydrogen-bond donors (Lipinski definition) is 3. The van der Waals surface area contributed by atoms with Crippen LogP contribution in [0, 0.1) is 5.92 Å². The number of H-pyrrole nitrogens is 1. The first kappa shape index (κ1) is 22.3. The number of ether oxygens (including phenoxy) is 1. The summed E-state index contributed by atoms with van der Waals surface area (Å²) in [6, 6.07) is 12.4. The zero-order valence-electron chi connectivity index (χ0n) is 18.8. The molecular weight excluding hydrogens is 422 g/mol. The van der Waals surface area contributed by atoms with Crippen molar-refractivity contribution in [2.24, 2.45) is 5.92 Å². The molecule has 2 aromatic carbocycles. The second kappa shape index (κ2) is 9.32. The van der Waals surface area contributed by atoms with Gasteiger partial charge in [-0.25, -0.2) is 14.7 Å². The quantitative estimate of drug-likeness (QED) is 0.456. The highest BCUT2D eigenvalue weighted by Gasteiger charge is 2.40. The Balaban J connectivity index is 1.47. The van der Waals surface area contributed by atoms with E-state index in [0.29, 0.717) is 17.3 Å². The Kier molecular flexibility index (Phi) is 6.30. The predicted molar refractivity (Wildman–Crippen MR) is 124 cm³/mol. The fourth-order valence-electron chi connectivity index (χ4n) is 3.90. The second-order valence-electron chi connectivity index (χ2n) is 8.15. The molecule has 3 unspecified atom stereocenters. The molecule has 4 amide bonds. The van der Waals surface area contributed by atoms with Gasteiger partial charge in [0.25, 0.3) is 5.91 Å². The first-order valence-electron chi connectivity index (χ1n) is 10.9. The molecule has 9 heteroatoms. The first-order valence-corrected chi connectivity index (χ1v) is 10.9. The number of fused-ring (bicyclic) bond motifs is 1. The Morgan fingerprint density at radius 1 is 1.18 bits per heavy atom. The molecule has 3 atom stereocenters. The van der Waals surface area contributed by atoms with Crippen molar-refractivity contribution in [2.45, 2.75) is 38.8 Å². The first-order chi connectivity index (χ1) is 15.9. The maximum Gasteiger partial charge on any atom is 0.329 e. The number of carbonyl (C=O) groups is 3. The van der Waals surface area contributed by atoms with Crippen molar-refractivity contribution in [3.05, 3.63) is 54.4 Å². The van der Waals surface area contributed by atoms with Crippen molar-refractivity contribution in [1.29, 1.82) is 0 Å². The summed E-state index contributed by atoms with van der Waals surface area (Å²) < 4.78 is 5.12. The summed E-state index contributed by atoms with van der Waals surface area (Å²) in [5.41, 5.74) is 2.13. The lowest BCUT2D eigenvalue weighted by atomic mass is 9.98. The number of benzene rings is 2. The average molecular weight is 450 g/mol. The molecule has 2 heterocycles. The van der Waals surface area contributed by atoms with E-state index < -0.39 is 18.0 Å². The maximum atomic E-state index is 12.9. The predicted octanol–water partition coefficient (Wildman–Crippen LogP) is 3.29. The van der Waals surface area contributed by atoms with Gasteiger partial charge in [0.2, 0.25) is 5.91 Å². The molecule has 0 radical (unpaired) electrons. The Morgan fingerprint density at radius 2 is 1.91 bits per heavy atom. The zero-order valence-corrected chi connectivity index (χ0v) is 18.8. The number of aromatic amines is 1. The van der Waals surface area contributed by atoms with E-state index in [1.165, 1.54) is 7.11 Å². The van der Waals surface area contributed by atoms with Gasteiger partial charge in [-0.3, -0.25) is 9.59 Å². The summed E-state index contributed by atoms with van der Waals surface area (Å²) in [6.07, 6.45) is 0.663. The number of rotatable bonds is 8.